The van der Waals surface area contributed by atoms with Crippen LogP contribution in [-0.4, -0.2) is 21.2 Å². The van der Waals surface area contributed by atoms with E-state index in [-0.39, 0.29) is 11.4 Å². The van der Waals surface area contributed by atoms with Crippen LogP contribution in [0.4, 0.5) is 0 Å². The summed E-state index contributed by atoms with van der Waals surface area (Å²) in [6.07, 6.45) is 2.28. The first-order valence-electron chi connectivity index (χ1n) is 6.17. The molecule has 2 aromatic rings. The van der Waals surface area contributed by atoms with Crippen molar-refractivity contribution in [2.75, 3.05) is 0 Å². The van der Waals surface area contributed by atoms with Crippen LogP contribution in [0.3, 0.4) is 0 Å². The minimum atomic E-state index is -0.177. The molecule has 0 spiro atoms. The summed E-state index contributed by atoms with van der Waals surface area (Å²) in [6, 6.07) is 8.01. The summed E-state index contributed by atoms with van der Waals surface area (Å²) in [5, 5.41) is 8.36. The molecule has 96 valence electrons. The number of carbonyl (C=O) groups is 1. The van der Waals surface area contributed by atoms with Gasteiger partial charge in [-0.25, -0.2) is 0 Å². The van der Waals surface area contributed by atoms with Gasteiger partial charge in [0, 0.05) is 17.3 Å². The van der Waals surface area contributed by atoms with Crippen molar-refractivity contribution in [1.82, 2.24) is 15.1 Å². The molecule has 0 aliphatic carbocycles. The average Bonchev–Trinajstić information content (AvgIpc) is 2.67. The van der Waals surface area contributed by atoms with Crippen LogP contribution in [0.1, 0.15) is 27.2 Å². The third kappa shape index (κ3) is 3.09. The van der Waals surface area contributed by atoms with E-state index in [4.69, 9.17) is 0 Å². The second-order valence-electron chi connectivity index (χ2n) is 5.47. The zero-order valence-corrected chi connectivity index (χ0v) is 11.1. The predicted octanol–water partition coefficient (Wildman–Crippen LogP) is 2.34. The van der Waals surface area contributed by atoms with Crippen molar-refractivity contribution in [2.24, 2.45) is 0 Å². The molecule has 1 heterocycles. The maximum absolute atomic E-state index is 11.7. The van der Waals surface area contributed by atoms with Crippen LogP contribution in [0.25, 0.3) is 10.9 Å². The van der Waals surface area contributed by atoms with Crippen molar-refractivity contribution in [3.05, 3.63) is 30.5 Å². The van der Waals surface area contributed by atoms with Crippen molar-refractivity contribution in [3.8, 4) is 0 Å². The van der Waals surface area contributed by atoms with Gasteiger partial charge in [0.2, 0.25) is 5.91 Å². The highest BCUT2D eigenvalue weighted by Gasteiger charge is 2.13. The Morgan fingerprint density at radius 3 is 2.78 bits per heavy atom. The molecule has 0 saturated carbocycles. The standard InChI is InChI=1S/C14H19N3O/c1-14(2,3)16-13(18)8-9-17-12-7-5-4-6-11(12)10-15-17/h4-7,10H,8-9H2,1-3H3,(H,16,18). The number of benzene rings is 1. The van der Waals surface area contributed by atoms with E-state index >= 15 is 0 Å². The van der Waals surface area contributed by atoms with E-state index in [0.29, 0.717) is 13.0 Å². The Hall–Kier alpha value is -1.84. The first kappa shape index (κ1) is 12.6. The predicted molar refractivity (Wildman–Crippen MR) is 72.2 cm³/mol. The van der Waals surface area contributed by atoms with Crippen LogP contribution >= 0.6 is 0 Å². The number of nitrogens with zero attached hydrogens (tertiary/aromatic N) is 2. The summed E-state index contributed by atoms with van der Waals surface area (Å²) in [5.41, 5.74) is 0.893. The zero-order valence-electron chi connectivity index (χ0n) is 11.1. The molecule has 1 N–H and O–H groups in total. The van der Waals surface area contributed by atoms with E-state index in [2.05, 4.69) is 10.4 Å². The fourth-order valence-electron chi connectivity index (χ4n) is 1.89. The highest BCUT2D eigenvalue weighted by Crippen LogP contribution is 2.12. The van der Waals surface area contributed by atoms with Crippen LogP contribution in [-0.2, 0) is 11.3 Å². The van der Waals surface area contributed by atoms with Crippen molar-refractivity contribution >= 4 is 16.8 Å². The van der Waals surface area contributed by atoms with Crippen molar-refractivity contribution < 1.29 is 4.79 Å². The molecule has 4 heteroatoms. The molecule has 0 aliphatic heterocycles. The Kier molecular flexibility index (Phi) is 3.36. The number of aryl methyl sites for hydroxylation is 1. The fraction of sp³-hybridized carbons (Fsp3) is 0.429. The summed E-state index contributed by atoms with van der Waals surface area (Å²) >= 11 is 0. The first-order valence-corrected chi connectivity index (χ1v) is 6.17. The zero-order chi connectivity index (χ0) is 13.2. The number of rotatable bonds is 3. The number of nitrogens with one attached hydrogen (secondary N) is 1. The lowest BCUT2D eigenvalue weighted by atomic mass is 10.1. The second kappa shape index (κ2) is 4.80. The molecule has 0 fully saturated rings. The van der Waals surface area contributed by atoms with Crippen LogP contribution in [0, 0.1) is 0 Å². The van der Waals surface area contributed by atoms with E-state index in [1.54, 1.807) is 0 Å². The Balaban J connectivity index is 2.00. The molecule has 0 atom stereocenters. The molecular formula is C14H19N3O. The van der Waals surface area contributed by atoms with Gasteiger partial charge in [-0.1, -0.05) is 18.2 Å². The fourth-order valence-corrected chi connectivity index (χ4v) is 1.89. The van der Waals surface area contributed by atoms with Crippen molar-refractivity contribution in [1.29, 1.82) is 0 Å². The Morgan fingerprint density at radius 1 is 1.33 bits per heavy atom. The van der Waals surface area contributed by atoms with Gasteiger partial charge in [0.05, 0.1) is 18.3 Å². The van der Waals surface area contributed by atoms with Gasteiger partial charge in [-0.05, 0) is 26.8 Å². The highest BCUT2D eigenvalue weighted by atomic mass is 16.1. The Bertz CT molecular complexity index is 551. The van der Waals surface area contributed by atoms with Gasteiger partial charge >= 0.3 is 0 Å². The molecule has 0 aliphatic rings. The maximum Gasteiger partial charge on any atom is 0.222 e. The lowest BCUT2D eigenvalue weighted by Crippen LogP contribution is -2.40. The number of hydrogen-bond donors (Lipinski definition) is 1. The van der Waals surface area contributed by atoms with E-state index in [9.17, 15) is 4.79 Å². The summed E-state index contributed by atoms with van der Waals surface area (Å²) in [6.45, 7) is 6.55. The summed E-state index contributed by atoms with van der Waals surface area (Å²) in [7, 11) is 0. The van der Waals surface area contributed by atoms with Crippen molar-refractivity contribution in [3.63, 3.8) is 0 Å². The molecule has 2 rings (SSSR count). The SMILES string of the molecule is CC(C)(C)NC(=O)CCn1ncc2ccccc21. The molecule has 1 aromatic heterocycles. The highest BCUT2D eigenvalue weighted by molar-refractivity contribution is 5.79. The largest absolute Gasteiger partial charge is 0.351 e. The van der Waals surface area contributed by atoms with Crippen LogP contribution in [0.2, 0.25) is 0 Å². The van der Waals surface area contributed by atoms with Gasteiger partial charge in [-0.2, -0.15) is 5.10 Å². The molecule has 4 nitrogen and oxygen atoms in total. The average molecular weight is 245 g/mol. The second-order valence-corrected chi connectivity index (χ2v) is 5.47. The monoisotopic (exact) mass is 245 g/mol. The minimum absolute atomic E-state index is 0.0575. The summed E-state index contributed by atoms with van der Waals surface area (Å²) in [4.78, 5) is 11.7. The molecule has 0 radical (unpaired) electrons. The number of para-hydroxylation sites is 1. The van der Waals surface area contributed by atoms with Gasteiger partial charge in [0.15, 0.2) is 0 Å². The Morgan fingerprint density at radius 2 is 2.06 bits per heavy atom. The summed E-state index contributed by atoms with van der Waals surface area (Å²) in [5.74, 6) is 0.0575. The lowest BCUT2D eigenvalue weighted by molar-refractivity contribution is -0.122. The normalized spacial score (nSPS) is 11.7. The van der Waals surface area contributed by atoms with E-state index in [1.165, 1.54) is 0 Å². The van der Waals surface area contributed by atoms with E-state index in [1.807, 2.05) is 55.9 Å². The van der Waals surface area contributed by atoms with E-state index in [0.717, 1.165) is 10.9 Å². The van der Waals surface area contributed by atoms with Gasteiger partial charge in [-0.15, -0.1) is 0 Å². The lowest BCUT2D eigenvalue weighted by Gasteiger charge is -2.20. The number of carbonyl (C=O) groups excluding carboxylic acids is 1. The van der Waals surface area contributed by atoms with Gasteiger partial charge in [-0.3, -0.25) is 9.48 Å². The molecule has 1 amide bonds. The van der Waals surface area contributed by atoms with Crippen molar-refractivity contribution in [2.45, 2.75) is 39.3 Å². The molecule has 1 aromatic carbocycles. The van der Waals surface area contributed by atoms with E-state index < -0.39 is 0 Å². The topological polar surface area (TPSA) is 46.9 Å². The molecule has 0 saturated heterocycles. The summed E-state index contributed by atoms with van der Waals surface area (Å²) < 4.78 is 1.87. The number of amides is 1. The minimum Gasteiger partial charge on any atom is -0.351 e. The Labute approximate surface area is 107 Å². The molecule has 18 heavy (non-hydrogen) atoms. The maximum atomic E-state index is 11.7. The molecular weight excluding hydrogens is 226 g/mol. The number of hydrogen-bond acceptors (Lipinski definition) is 2. The molecule has 0 bridgehead atoms. The number of aromatic nitrogens is 2. The van der Waals surface area contributed by atoms with Crippen LogP contribution in [0.15, 0.2) is 30.5 Å². The third-order valence-electron chi connectivity index (χ3n) is 2.62. The number of fused-ring (bicyclic) bond motifs is 1. The third-order valence-corrected chi connectivity index (χ3v) is 2.62. The van der Waals surface area contributed by atoms with Gasteiger partial charge in [0.1, 0.15) is 0 Å². The van der Waals surface area contributed by atoms with Crippen LogP contribution in [0.5, 0.6) is 0 Å². The van der Waals surface area contributed by atoms with Crippen LogP contribution < -0.4 is 5.32 Å². The smallest absolute Gasteiger partial charge is 0.222 e. The van der Waals surface area contributed by atoms with Gasteiger partial charge in [0.25, 0.3) is 0 Å². The molecule has 0 unspecified atom stereocenters. The quantitative estimate of drug-likeness (QED) is 0.902. The first-order chi connectivity index (χ1) is 8.46. The van der Waals surface area contributed by atoms with Gasteiger partial charge < -0.3 is 5.32 Å².